The standard InChI is InChI=1S/C54H33N3/c1-2-15-38(16-3-1)57-51-25-13-12-24-50(51)56-54(57)35-28-26-34(27-29-35)37-31-49-52-44-22-10-8-20-42(44)47(32-48(52)43-21-9-11-23-45(43)53(49)55-33-37)46-30-36-14-4-5-17-39(36)40-18-6-7-19-41(40)46/h1-33H. The molecule has 2 heterocycles. The molecular formula is C54H33N3. The summed E-state index contributed by atoms with van der Waals surface area (Å²) < 4.78 is 2.25. The van der Waals surface area contributed by atoms with Crippen LogP contribution in [-0.4, -0.2) is 14.5 Å². The molecule has 0 atom stereocenters. The fraction of sp³-hybridized carbons (Fsp3) is 0. The van der Waals surface area contributed by atoms with Gasteiger partial charge in [0.2, 0.25) is 0 Å². The van der Waals surface area contributed by atoms with Gasteiger partial charge in [-0.3, -0.25) is 9.55 Å². The van der Waals surface area contributed by atoms with E-state index in [1.807, 2.05) is 12.3 Å². The van der Waals surface area contributed by atoms with Crippen LogP contribution in [0.1, 0.15) is 0 Å². The molecule has 3 heteroatoms. The summed E-state index contributed by atoms with van der Waals surface area (Å²) in [7, 11) is 0. The van der Waals surface area contributed by atoms with Crippen molar-refractivity contribution in [3.05, 3.63) is 200 Å². The van der Waals surface area contributed by atoms with Crippen molar-refractivity contribution in [1.29, 1.82) is 0 Å². The van der Waals surface area contributed by atoms with Crippen LogP contribution in [0.5, 0.6) is 0 Å². The molecule has 0 aliphatic carbocycles. The Kier molecular flexibility index (Phi) is 6.93. The van der Waals surface area contributed by atoms with E-state index in [-0.39, 0.29) is 0 Å². The van der Waals surface area contributed by atoms with E-state index in [2.05, 4.69) is 193 Å². The molecule has 0 spiro atoms. The number of hydrogen-bond acceptors (Lipinski definition) is 2. The first kappa shape index (κ1) is 31.7. The predicted octanol–water partition coefficient (Wildman–Crippen LogP) is 14.3. The van der Waals surface area contributed by atoms with Gasteiger partial charge in [0, 0.05) is 33.8 Å². The minimum absolute atomic E-state index is 0.921. The number of hydrogen-bond donors (Lipinski definition) is 0. The largest absolute Gasteiger partial charge is 0.292 e. The third-order valence-electron chi connectivity index (χ3n) is 11.8. The van der Waals surface area contributed by atoms with Gasteiger partial charge in [-0.2, -0.15) is 0 Å². The van der Waals surface area contributed by atoms with Gasteiger partial charge in [0.15, 0.2) is 0 Å². The van der Waals surface area contributed by atoms with Gasteiger partial charge in [-0.05, 0) is 108 Å². The Morgan fingerprint density at radius 2 is 0.947 bits per heavy atom. The molecule has 57 heavy (non-hydrogen) atoms. The van der Waals surface area contributed by atoms with Crippen molar-refractivity contribution >= 4 is 75.8 Å². The van der Waals surface area contributed by atoms with Crippen LogP contribution in [0, 0.1) is 0 Å². The highest BCUT2D eigenvalue weighted by molar-refractivity contribution is 6.33. The van der Waals surface area contributed by atoms with Gasteiger partial charge in [0.05, 0.1) is 16.6 Å². The molecule has 2 aromatic heterocycles. The maximum atomic E-state index is 5.25. The van der Waals surface area contributed by atoms with E-state index in [4.69, 9.17) is 9.97 Å². The minimum atomic E-state index is 0.921. The lowest BCUT2D eigenvalue weighted by atomic mass is 9.86. The SMILES string of the molecule is c1ccc(-n2c(-c3ccc(-c4cnc5c6ccccc6c6cc(-c7cc8ccccc8c8ccccc78)c7ccccc7c6c5c4)cc3)nc3ccccc32)cc1. The maximum Gasteiger partial charge on any atom is 0.145 e. The van der Waals surface area contributed by atoms with Gasteiger partial charge in [0.25, 0.3) is 0 Å². The van der Waals surface area contributed by atoms with E-state index in [1.54, 1.807) is 0 Å². The zero-order chi connectivity index (χ0) is 37.5. The zero-order valence-corrected chi connectivity index (χ0v) is 30.9. The molecule has 0 saturated carbocycles. The second-order valence-corrected chi connectivity index (χ2v) is 14.9. The van der Waals surface area contributed by atoms with Crippen molar-refractivity contribution < 1.29 is 0 Å². The van der Waals surface area contributed by atoms with Gasteiger partial charge < -0.3 is 0 Å². The molecule has 3 nitrogen and oxygen atoms in total. The van der Waals surface area contributed by atoms with Crippen LogP contribution >= 0.6 is 0 Å². The summed E-state index contributed by atoms with van der Waals surface area (Å²) in [6, 6.07) is 70.0. The van der Waals surface area contributed by atoms with Crippen molar-refractivity contribution in [1.82, 2.24) is 14.5 Å². The van der Waals surface area contributed by atoms with Crippen LogP contribution in [-0.2, 0) is 0 Å². The number of imidazole rings is 1. The van der Waals surface area contributed by atoms with E-state index in [9.17, 15) is 0 Å². The number of aromatic nitrogens is 3. The molecule has 12 aromatic rings. The van der Waals surface area contributed by atoms with Crippen LogP contribution in [0.2, 0.25) is 0 Å². The second-order valence-electron chi connectivity index (χ2n) is 14.9. The van der Waals surface area contributed by atoms with Gasteiger partial charge in [-0.15, -0.1) is 0 Å². The van der Waals surface area contributed by atoms with E-state index in [0.29, 0.717) is 0 Å². The van der Waals surface area contributed by atoms with Crippen molar-refractivity contribution in [2.45, 2.75) is 0 Å². The summed E-state index contributed by atoms with van der Waals surface area (Å²) >= 11 is 0. The Hall–Kier alpha value is -7.62. The first-order valence-electron chi connectivity index (χ1n) is 19.5. The Balaban J connectivity index is 1.08. The smallest absolute Gasteiger partial charge is 0.145 e. The molecule has 0 fully saturated rings. The summed E-state index contributed by atoms with van der Waals surface area (Å²) in [5.41, 5.74) is 9.91. The van der Waals surface area contributed by atoms with Crippen LogP contribution in [0.4, 0.5) is 0 Å². The number of fused-ring (bicyclic) bond motifs is 12. The lowest BCUT2D eigenvalue weighted by Crippen LogP contribution is -1.97. The first-order valence-corrected chi connectivity index (χ1v) is 19.5. The van der Waals surface area contributed by atoms with E-state index in [1.165, 1.54) is 59.6 Å². The Morgan fingerprint density at radius 1 is 0.368 bits per heavy atom. The number of nitrogens with zero attached hydrogens (tertiary/aromatic N) is 3. The van der Waals surface area contributed by atoms with E-state index >= 15 is 0 Å². The molecule has 0 bridgehead atoms. The quantitative estimate of drug-likeness (QED) is 0.169. The highest BCUT2D eigenvalue weighted by Gasteiger charge is 2.19. The van der Waals surface area contributed by atoms with Crippen molar-refractivity contribution in [3.63, 3.8) is 0 Å². The zero-order valence-electron chi connectivity index (χ0n) is 30.9. The highest BCUT2D eigenvalue weighted by Crippen LogP contribution is 2.45. The molecule has 0 radical (unpaired) electrons. The van der Waals surface area contributed by atoms with Crippen LogP contribution in [0.15, 0.2) is 200 Å². The molecular weight excluding hydrogens is 691 g/mol. The minimum Gasteiger partial charge on any atom is -0.292 e. The summed E-state index contributed by atoms with van der Waals surface area (Å²) in [5, 5.41) is 13.5. The van der Waals surface area contributed by atoms with Gasteiger partial charge in [-0.1, -0.05) is 152 Å². The van der Waals surface area contributed by atoms with Gasteiger partial charge in [0.1, 0.15) is 5.82 Å². The first-order chi connectivity index (χ1) is 28.3. The molecule has 10 aromatic carbocycles. The number of benzene rings is 10. The average molecular weight is 724 g/mol. The molecule has 0 amide bonds. The summed E-state index contributed by atoms with van der Waals surface area (Å²) in [4.78, 5) is 10.4. The maximum absolute atomic E-state index is 5.25. The third kappa shape index (κ3) is 4.86. The highest BCUT2D eigenvalue weighted by atomic mass is 15.1. The van der Waals surface area contributed by atoms with E-state index in [0.717, 1.165) is 55.5 Å². The molecule has 0 N–H and O–H groups in total. The summed E-state index contributed by atoms with van der Waals surface area (Å²) in [6.07, 6.45) is 2.03. The lowest BCUT2D eigenvalue weighted by molar-refractivity contribution is 1.10. The van der Waals surface area contributed by atoms with Crippen molar-refractivity contribution in [2.75, 3.05) is 0 Å². The summed E-state index contributed by atoms with van der Waals surface area (Å²) in [6.45, 7) is 0. The predicted molar refractivity (Wildman–Crippen MR) is 240 cm³/mol. The fourth-order valence-corrected chi connectivity index (χ4v) is 9.20. The Morgan fingerprint density at radius 3 is 1.74 bits per heavy atom. The van der Waals surface area contributed by atoms with Crippen LogP contribution in [0.3, 0.4) is 0 Å². The Bertz CT molecular complexity index is 3560. The van der Waals surface area contributed by atoms with Crippen molar-refractivity contribution in [2.24, 2.45) is 0 Å². The monoisotopic (exact) mass is 723 g/mol. The summed E-state index contributed by atoms with van der Waals surface area (Å²) in [5.74, 6) is 0.921. The van der Waals surface area contributed by atoms with Crippen molar-refractivity contribution in [3.8, 4) is 39.3 Å². The number of para-hydroxylation sites is 3. The van der Waals surface area contributed by atoms with E-state index < -0.39 is 0 Å². The molecule has 264 valence electrons. The number of pyridine rings is 1. The molecule has 0 aliphatic rings. The molecule has 0 saturated heterocycles. The normalized spacial score (nSPS) is 11.9. The van der Waals surface area contributed by atoms with Gasteiger partial charge in [-0.25, -0.2) is 4.98 Å². The lowest BCUT2D eigenvalue weighted by Gasteiger charge is -2.18. The third-order valence-corrected chi connectivity index (χ3v) is 11.8. The average Bonchev–Trinajstić information content (AvgIpc) is 3.68. The fourth-order valence-electron chi connectivity index (χ4n) is 9.20. The second kappa shape index (κ2) is 12.5. The molecule has 12 rings (SSSR count). The molecule has 0 unspecified atom stereocenters. The van der Waals surface area contributed by atoms with Crippen LogP contribution < -0.4 is 0 Å². The topological polar surface area (TPSA) is 30.7 Å². The van der Waals surface area contributed by atoms with Crippen LogP contribution in [0.25, 0.3) is 115 Å². The van der Waals surface area contributed by atoms with Gasteiger partial charge >= 0.3 is 0 Å². The number of rotatable bonds is 4. The Labute approximate surface area is 328 Å². The molecule has 0 aliphatic heterocycles.